The zero-order valence-corrected chi connectivity index (χ0v) is 17.9. The molecule has 30 heavy (non-hydrogen) atoms. The van der Waals surface area contributed by atoms with Gasteiger partial charge in [-0.1, -0.05) is 30.3 Å². The Labute approximate surface area is 175 Å². The zero-order chi connectivity index (χ0) is 21.9. The fourth-order valence-electron chi connectivity index (χ4n) is 3.34. The second-order valence-corrected chi connectivity index (χ2v) is 8.87. The van der Waals surface area contributed by atoms with E-state index in [2.05, 4.69) is 4.72 Å². The topological polar surface area (TPSA) is 102 Å². The molecule has 0 radical (unpaired) electrons. The summed E-state index contributed by atoms with van der Waals surface area (Å²) in [5.74, 6) is -0.382. The Morgan fingerprint density at radius 1 is 1.07 bits per heavy atom. The molecule has 0 bridgehead atoms. The van der Waals surface area contributed by atoms with Gasteiger partial charge < -0.3 is 14.4 Å². The van der Waals surface area contributed by atoms with E-state index in [1.807, 2.05) is 30.3 Å². The molecule has 1 aliphatic rings. The molecule has 1 fully saturated rings. The highest BCUT2D eigenvalue weighted by Gasteiger charge is 2.50. The number of carbonyl (C=O) groups is 2. The van der Waals surface area contributed by atoms with E-state index in [0.29, 0.717) is 18.7 Å². The summed E-state index contributed by atoms with van der Waals surface area (Å²) in [6.45, 7) is 1.96. The smallest absolute Gasteiger partial charge is 0.264 e. The van der Waals surface area contributed by atoms with E-state index in [1.165, 1.54) is 37.3 Å². The van der Waals surface area contributed by atoms with Crippen molar-refractivity contribution in [3.63, 3.8) is 0 Å². The number of amides is 2. The van der Waals surface area contributed by atoms with Crippen molar-refractivity contribution < 1.29 is 27.5 Å². The van der Waals surface area contributed by atoms with Gasteiger partial charge in [-0.05, 0) is 31.0 Å². The number of rotatable bonds is 7. The van der Waals surface area contributed by atoms with Gasteiger partial charge in [-0.25, -0.2) is 13.1 Å². The lowest BCUT2D eigenvalue weighted by atomic mass is 9.85. The lowest BCUT2D eigenvalue weighted by Crippen LogP contribution is -2.68. The van der Waals surface area contributed by atoms with Crippen LogP contribution in [0.5, 0.6) is 11.5 Å². The summed E-state index contributed by atoms with van der Waals surface area (Å²) in [7, 11) is -1.33. The first-order chi connectivity index (χ1) is 14.2. The van der Waals surface area contributed by atoms with Crippen molar-refractivity contribution in [1.29, 1.82) is 0 Å². The molecule has 1 saturated heterocycles. The van der Waals surface area contributed by atoms with Crippen LogP contribution in [0.2, 0.25) is 0 Å². The number of nitrogens with zero attached hydrogens (tertiary/aromatic N) is 1. The van der Waals surface area contributed by atoms with E-state index in [-0.39, 0.29) is 23.0 Å². The lowest BCUT2D eigenvalue weighted by Gasteiger charge is -2.49. The Morgan fingerprint density at radius 2 is 1.73 bits per heavy atom. The monoisotopic (exact) mass is 432 g/mol. The average Bonchev–Trinajstić information content (AvgIpc) is 2.72. The fourth-order valence-corrected chi connectivity index (χ4v) is 4.43. The molecule has 1 atom stereocenters. The minimum absolute atomic E-state index is 0.140. The van der Waals surface area contributed by atoms with Crippen molar-refractivity contribution >= 4 is 21.8 Å². The van der Waals surface area contributed by atoms with Crippen molar-refractivity contribution in [2.24, 2.45) is 0 Å². The first-order valence-electron chi connectivity index (χ1n) is 9.35. The number of ether oxygens (including phenoxy) is 2. The Bertz CT molecular complexity index is 1050. The van der Waals surface area contributed by atoms with Gasteiger partial charge in [0.25, 0.3) is 15.9 Å². The number of hydrogen-bond donors (Lipinski definition) is 1. The molecular formula is C21H24N2O6S. The quantitative estimate of drug-likeness (QED) is 0.715. The van der Waals surface area contributed by atoms with Gasteiger partial charge in [-0.3, -0.25) is 9.59 Å². The highest BCUT2D eigenvalue weighted by molar-refractivity contribution is 7.90. The van der Waals surface area contributed by atoms with Crippen LogP contribution in [0, 0.1) is 0 Å². The van der Waals surface area contributed by atoms with Crippen LogP contribution in [0.4, 0.5) is 0 Å². The first kappa shape index (κ1) is 21.6. The molecule has 160 valence electrons. The van der Waals surface area contributed by atoms with Crippen LogP contribution >= 0.6 is 0 Å². The summed E-state index contributed by atoms with van der Waals surface area (Å²) in [6, 6.07) is 13.2. The van der Waals surface area contributed by atoms with Crippen LogP contribution in [-0.2, 0) is 26.0 Å². The molecule has 0 saturated carbocycles. The molecule has 2 aromatic carbocycles. The molecule has 0 aromatic heterocycles. The highest BCUT2D eigenvalue weighted by Crippen LogP contribution is 2.33. The van der Waals surface area contributed by atoms with Gasteiger partial charge in [0.05, 0.1) is 25.5 Å². The van der Waals surface area contributed by atoms with Gasteiger partial charge in [0.2, 0.25) is 5.91 Å². The van der Waals surface area contributed by atoms with Gasteiger partial charge in [-0.15, -0.1) is 0 Å². The number of likely N-dealkylation sites (tertiary alicyclic amines) is 1. The Balaban J connectivity index is 1.75. The number of nitrogens with one attached hydrogen (secondary N) is 1. The minimum atomic E-state index is -4.16. The van der Waals surface area contributed by atoms with E-state index in [4.69, 9.17) is 9.47 Å². The molecule has 0 aliphatic carbocycles. The van der Waals surface area contributed by atoms with E-state index in [0.717, 1.165) is 5.56 Å². The number of hydrogen-bond acceptors (Lipinski definition) is 6. The Kier molecular flexibility index (Phi) is 6.02. The summed E-state index contributed by atoms with van der Waals surface area (Å²) in [5, 5.41) is 0. The standard InChI is InChI=1S/C21H24N2O6S/c1-21(11-12-23(21)19(24)13-15-7-5-4-6-8-15)20(25)22-30(26,27)16-9-10-17(28-2)18(14-16)29-3/h4-10,14H,11-13H2,1-3H3,(H,22,25). The number of carbonyl (C=O) groups excluding carboxylic acids is 2. The molecule has 8 nitrogen and oxygen atoms in total. The van der Waals surface area contributed by atoms with Gasteiger partial charge in [0, 0.05) is 12.6 Å². The Hall–Kier alpha value is -3.07. The van der Waals surface area contributed by atoms with E-state index in [9.17, 15) is 18.0 Å². The van der Waals surface area contributed by atoms with Gasteiger partial charge in [0.1, 0.15) is 5.54 Å². The largest absolute Gasteiger partial charge is 0.493 e. The average molecular weight is 432 g/mol. The molecule has 1 heterocycles. The lowest BCUT2D eigenvalue weighted by molar-refractivity contribution is -0.156. The van der Waals surface area contributed by atoms with E-state index < -0.39 is 21.5 Å². The molecule has 1 aliphatic heterocycles. The molecular weight excluding hydrogens is 408 g/mol. The molecule has 2 aromatic rings. The van der Waals surface area contributed by atoms with Gasteiger partial charge in [-0.2, -0.15) is 0 Å². The predicted molar refractivity (Wildman–Crippen MR) is 110 cm³/mol. The third-order valence-electron chi connectivity index (χ3n) is 5.30. The maximum atomic E-state index is 12.8. The molecule has 9 heteroatoms. The molecule has 1 N–H and O–H groups in total. The second kappa shape index (κ2) is 8.35. The van der Waals surface area contributed by atoms with Crippen molar-refractivity contribution in [3.05, 3.63) is 54.1 Å². The van der Waals surface area contributed by atoms with Crippen molar-refractivity contribution in [2.75, 3.05) is 20.8 Å². The molecule has 1 unspecified atom stereocenters. The molecule has 3 rings (SSSR count). The molecule has 0 spiro atoms. The van der Waals surface area contributed by atoms with Crippen LogP contribution in [0.1, 0.15) is 18.9 Å². The third-order valence-corrected chi connectivity index (χ3v) is 6.63. The summed E-state index contributed by atoms with van der Waals surface area (Å²) >= 11 is 0. The van der Waals surface area contributed by atoms with E-state index >= 15 is 0 Å². The summed E-state index contributed by atoms with van der Waals surface area (Å²) in [4.78, 5) is 26.8. The van der Waals surface area contributed by atoms with Crippen LogP contribution in [0.15, 0.2) is 53.4 Å². The van der Waals surface area contributed by atoms with E-state index in [1.54, 1.807) is 6.92 Å². The van der Waals surface area contributed by atoms with Crippen LogP contribution in [0.3, 0.4) is 0 Å². The van der Waals surface area contributed by atoms with Gasteiger partial charge >= 0.3 is 0 Å². The van der Waals surface area contributed by atoms with Crippen LogP contribution in [0.25, 0.3) is 0 Å². The minimum Gasteiger partial charge on any atom is -0.493 e. The maximum Gasteiger partial charge on any atom is 0.264 e. The van der Waals surface area contributed by atoms with Crippen molar-refractivity contribution in [1.82, 2.24) is 9.62 Å². The Morgan fingerprint density at radius 3 is 2.30 bits per heavy atom. The SMILES string of the molecule is COc1ccc(S(=O)(=O)NC(=O)C2(C)CCN2C(=O)Cc2ccccc2)cc1OC. The zero-order valence-electron chi connectivity index (χ0n) is 17.0. The summed E-state index contributed by atoms with van der Waals surface area (Å²) in [6.07, 6.45) is 0.521. The number of benzene rings is 2. The predicted octanol–water partition coefficient (Wildman–Crippen LogP) is 1.74. The second-order valence-electron chi connectivity index (χ2n) is 7.18. The van der Waals surface area contributed by atoms with Crippen molar-refractivity contribution in [2.45, 2.75) is 30.2 Å². The highest BCUT2D eigenvalue weighted by atomic mass is 32.2. The fraction of sp³-hybridized carbons (Fsp3) is 0.333. The van der Waals surface area contributed by atoms with Gasteiger partial charge in [0.15, 0.2) is 11.5 Å². The maximum absolute atomic E-state index is 12.8. The van der Waals surface area contributed by atoms with Crippen LogP contribution < -0.4 is 14.2 Å². The third kappa shape index (κ3) is 4.11. The van der Waals surface area contributed by atoms with Crippen LogP contribution in [-0.4, -0.2) is 51.4 Å². The number of sulfonamides is 1. The first-order valence-corrected chi connectivity index (χ1v) is 10.8. The normalized spacial score (nSPS) is 18.3. The summed E-state index contributed by atoms with van der Waals surface area (Å²) in [5.41, 5.74) is -0.398. The summed E-state index contributed by atoms with van der Waals surface area (Å²) < 4.78 is 37.8. The molecule has 2 amide bonds. The van der Waals surface area contributed by atoms with Crippen molar-refractivity contribution in [3.8, 4) is 11.5 Å². The number of methoxy groups -OCH3 is 2.